The summed E-state index contributed by atoms with van der Waals surface area (Å²) in [4.78, 5) is 4.28. The summed E-state index contributed by atoms with van der Waals surface area (Å²) in [7, 11) is -0.500. The van der Waals surface area contributed by atoms with Crippen LogP contribution in [0.25, 0.3) is 0 Å². The fourth-order valence-electron chi connectivity index (χ4n) is 2.02. The Morgan fingerprint density at radius 2 is 1.85 bits per heavy atom. The molecule has 4 nitrogen and oxygen atoms in total. The molecule has 0 N–H and O–H groups in total. The van der Waals surface area contributed by atoms with Crippen molar-refractivity contribution in [2.24, 2.45) is 0 Å². The van der Waals surface area contributed by atoms with E-state index in [0.717, 1.165) is 18.3 Å². The second-order valence-corrected chi connectivity index (χ2v) is 6.89. The Kier molecular flexibility index (Phi) is 3.27. The van der Waals surface area contributed by atoms with Gasteiger partial charge in [-0.3, -0.25) is 0 Å². The van der Waals surface area contributed by atoms with Gasteiger partial charge in [-0.25, -0.2) is 4.98 Å². The molecule has 2 heterocycles. The molecule has 2 aliphatic rings. The van der Waals surface area contributed by atoms with Crippen LogP contribution in [0.3, 0.4) is 0 Å². The molecule has 0 radical (unpaired) electrons. The number of nitrogens with zero attached hydrogens (tertiary/aromatic N) is 1. The largest absolute Gasteiger partial charge is 0.500 e. The van der Waals surface area contributed by atoms with Gasteiger partial charge in [0.25, 0.3) is 0 Å². The van der Waals surface area contributed by atoms with Crippen LogP contribution >= 0.6 is 11.6 Å². The SMILES string of the molecule is CC1(C)OB(c2cc(Cl)cnc2OC2CC2)OC1(C)C. The molecule has 1 saturated heterocycles. The predicted molar refractivity (Wildman–Crippen MR) is 78.6 cm³/mol. The van der Waals surface area contributed by atoms with E-state index in [1.165, 1.54) is 0 Å². The Hall–Kier alpha value is -0.775. The van der Waals surface area contributed by atoms with Crippen molar-refractivity contribution >= 4 is 24.2 Å². The molecule has 2 fully saturated rings. The summed E-state index contributed by atoms with van der Waals surface area (Å²) in [5.41, 5.74) is -0.0173. The van der Waals surface area contributed by atoms with E-state index >= 15 is 0 Å². The van der Waals surface area contributed by atoms with Gasteiger partial charge in [0.1, 0.15) is 6.10 Å². The van der Waals surface area contributed by atoms with Crippen LogP contribution in [0, 0.1) is 0 Å². The summed E-state index contributed by atoms with van der Waals surface area (Å²) in [5, 5.41) is 0.554. The van der Waals surface area contributed by atoms with Crippen molar-refractivity contribution in [3.8, 4) is 5.88 Å². The molecule has 1 saturated carbocycles. The summed E-state index contributed by atoms with van der Waals surface area (Å²) >= 11 is 6.06. The van der Waals surface area contributed by atoms with Gasteiger partial charge in [0.05, 0.1) is 16.2 Å². The standard InChI is InChI=1S/C14H19BClNO3/c1-13(2)14(3,4)20-15(19-13)11-7-9(16)8-17-12(11)18-10-5-6-10/h7-8,10H,5-6H2,1-4H3. The zero-order chi connectivity index (χ0) is 14.5. The summed E-state index contributed by atoms with van der Waals surface area (Å²) in [6.07, 6.45) is 4.01. The summed E-state index contributed by atoms with van der Waals surface area (Å²) in [6, 6.07) is 1.81. The molecular formula is C14H19BClNO3. The van der Waals surface area contributed by atoms with Crippen molar-refractivity contribution in [3.63, 3.8) is 0 Å². The van der Waals surface area contributed by atoms with E-state index in [1.807, 2.05) is 33.8 Å². The van der Waals surface area contributed by atoms with Crippen LogP contribution in [0.15, 0.2) is 12.3 Å². The maximum atomic E-state index is 6.06. The molecule has 0 aromatic carbocycles. The normalized spacial score (nSPS) is 23.9. The molecule has 20 heavy (non-hydrogen) atoms. The molecule has 0 spiro atoms. The van der Waals surface area contributed by atoms with Gasteiger partial charge in [0, 0.05) is 11.7 Å². The van der Waals surface area contributed by atoms with Gasteiger partial charge in [-0.2, -0.15) is 0 Å². The van der Waals surface area contributed by atoms with Crippen LogP contribution in [0.2, 0.25) is 5.02 Å². The molecule has 1 aliphatic carbocycles. The lowest BCUT2D eigenvalue weighted by atomic mass is 9.80. The monoisotopic (exact) mass is 295 g/mol. The van der Waals surface area contributed by atoms with Gasteiger partial charge in [-0.15, -0.1) is 0 Å². The van der Waals surface area contributed by atoms with Gasteiger partial charge in [-0.05, 0) is 46.6 Å². The zero-order valence-electron chi connectivity index (χ0n) is 12.3. The van der Waals surface area contributed by atoms with Gasteiger partial charge >= 0.3 is 7.12 Å². The number of ether oxygens (including phenoxy) is 1. The first kappa shape index (κ1) is 14.2. The Morgan fingerprint density at radius 3 is 2.40 bits per heavy atom. The molecule has 1 aromatic rings. The maximum absolute atomic E-state index is 6.06. The van der Waals surface area contributed by atoms with Crippen LogP contribution in [0.1, 0.15) is 40.5 Å². The second kappa shape index (κ2) is 4.62. The molecule has 108 valence electrons. The third-order valence-electron chi connectivity index (χ3n) is 4.16. The van der Waals surface area contributed by atoms with Crippen molar-refractivity contribution in [3.05, 3.63) is 17.3 Å². The van der Waals surface area contributed by atoms with E-state index in [4.69, 9.17) is 25.6 Å². The number of halogens is 1. The lowest BCUT2D eigenvalue weighted by Gasteiger charge is -2.32. The smallest absolute Gasteiger partial charge is 0.475 e. The fraction of sp³-hybridized carbons (Fsp3) is 0.643. The highest BCUT2D eigenvalue weighted by Gasteiger charge is 2.53. The molecule has 1 aromatic heterocycles. The van der Waals surface area contributed by atoms with E-state index < -0.39 is 18.3 Å². The Labute approximate surface area is 124 Å². The summed E-state index contributed by atoms with van der Waals surface area (Å²) in [6.45, 7) is 8.08. The van der Waals surface area contributed by atoms with Crippen molar-refractivity contribution in [2.75, 3.05) is 0 Å². The molecule has 0 amide bonds. The molecular weight excluding hydrogens is 276 g/mol. The highest BCUT2D eigenvalue weighted by Crippen LogP contribution is 2.37. The average Bonchev–Trinajstić information content (AvgIpc) is 3.10. The highest BCUT2D eigenvalue weighted by atomic mass is 35.5. The molecule has 0 unspecified atom stereocenters. The van der Waals surface area contributed by atoms with Crippen molar-refractivity contribution in [2.45, 2.75) is 57.8 Å². The Morgan fingerprint density at radius 1 is 1.25 bits per heavy atom. The van der Waals surface area contributed by atoms with E-state index in [0.29, 0.717) is 10.9 Å². The lowest BCUT2D eigenvalue weighted by Crippen LogP contribution is -2.41. The van der Waals surface area contributed by atoms with Gasteiger partial charge in [0.15, 0.2) is 0 Å². The second-order valence-electron chi connectivity index (χ2n) is 6.45. The minimum absolute atomic E-state index is 0.268. The van der Waals surface area contributed by atoms with Crippen LogP contribution in [-0.4, -0.2) is 29.4 Å². The Balaban J connectivity index is 1.91. The first-order valence-corrected chi connectivity index (χ1v) is 7.34. The minimum Gasteiger partial charge on any atom is -0.475 e. The van der Waals surface area contributed by atoms with Gasteiger partial charge in [0.2, 0.25) is 5.88 Å². The van der Waals surface area contributed by atoms with Crippen molar-refractivity contribution in [1.82, 2.24) is 4.98 Å². The highest BCUT2D eigenvalue weighted by molar-refractivity contribution is 6.63. The summed E-state index contributed by atoms with van der Waals surface area (Å²) < 4.78 is 17.9. The van der Waals surface area contributed by atoms with E-state index in [1.54, 1.807) is 6.20 Å². The van der Waals surface area contributed by atoms with E-state index in [-0.39, 0.29) is 6.10 Å². The quantitative estimate of drug-likeness (QED) is 0.804. The van der Waals surface area contributed by atoms with Crippen LogP contribution in [-0.2, 0) is 9.31 Å². The number of aromatic nitrogens is 1. The third kappa shape index (κ3) is 2.54. The average molecular weight is 296 g/mol. The minimum atomic E-state index is -0.500. The Bertz CT molecular complexity index is 515. The van der Waals surface area contributed by atoms with E-state index in [9.17, 15) is 0 Å². The molecule has 0 bridgehead atoms. The molecule has 1 aliphatic heterocycles. The number of hydrogen-bond donors (Lipinski definition) is 0. The topological polar surface area (TPSA) is 40.6 Å². The first-order chi connectivity index (χ1) is 9.28. The maximum Gasteiger partial charge on any atom is 0.500 e. The lowest BCUT2D eigenvalue weighted by molar-refractivity contribution is 0.00578. The van der Waals surface area contributed by atoms with Crippen LogP contribution in [0.5, 0.6) is 5.88 Å². The first-order valence-electron chi connectivity index (χ1n) is 6.96. The van der Waals surface area contributed by atoms with Crippen molar-refractivity contribution < 1.29 is 14.0 Å². The molecule has 6 heteroatoms. The zero-order valence-corrected chi connectivity index (χ0v) is 13.0. The fourth-order valence-corrected chi connectivity index (χ4v) is 2.19. The molecule has 0 atom stereocenters. The number of hydrogen-bond acceptors (Lipinski definition) is 4. The molecule has 3 rings (SSSR count). The number of rotatable bonds is 3. The van der Waals surface area contributed by atoms with Crippen LogP contribution in [0.4, 0.5) is 0 Å². The predicted octanol–water partition coefficient (Wildman–Crippen LogP) is 2.58. The van der Waals surface area contributed by atoms with Gasteiger partial charge < -0.3 is 14.0 Å². The van der Waals surface area contributed by atoms with Gasteiger partial charge in [-0.1, -0.05) is 11.6 Å². The van der Waals surface area contributed by atoms with Crippen molar-refractivity contribution in [1.29, 1.82) is 0 Å². The number of pyridine rings is 1. The third-order valence-corrected chi connectivity index (χ3v) is 4.36. The van der Waals surface area contributed by atoms with E-state index in [2.05, 4.69) is 4.98 Å². The summed E-state index contributed by atoms with van der Waals surface area (Å²) in [5.74, 6) is 0.565. The van der Waals surface area contributed by atoms with Crippen LogP contribution < -0.4 is 10.2 Å².